The van der Waals surface area contributed by atoms with E-state index in [1.54, 1.807) is 23.6 Å². The fourth-order valence-electron chi connectivity index (χ4n) is 4.85. The van der Waals surface area contributed by atoms with E-state index in [1.807, 2.05) is 54.8 Å². The minimum absolute atomic E-state index is 0.0388. The molecule has 1 unspecified atom stereocenters. The Morgan fingerprint density at radius 3 is 2.59 bits per heavy atom. The highest BCUT2D eigenvalue weighted by Crippen LogP contribution is 2.30. The van der Waals surface area contributed by atoms with Crippen molar-refractivity contribution in [3.8, 4) is 0 Å². The molecule has 2 aromatic heterocycles. The number of hydrogen-bond acceptors (Lipinski definition) is 6. The highest BCUT2D eigenvalue weighted by molar-refractivity contribution is 7.10. The molecule has 37 heavy (non-hydrogen) atoms. The number of fused-ring (bicyclic) bond motifs is 1. The summed E-state index contributed by atoms with van der Waals surface area (Å²) in [5.74, 6) is -0.450. The van der Waals surface area contributed by atoms with Crippen LogP contribution in [0.25, 0.3) is 0 Å². The maximum atomic E-state index is 13.9. The molecule has 3 aromatic rings. The number of rotatable bonds is 7. The monoisotopic (exact) mass is 515 g/mol. The molecule has 0 radical (unpaired) electrons. The van der Waals surface area contributed by atoms with Crippen LogP contribution in [0, 0.1) is 12.8 Å². The predicted octanol–water partition coefficient (Wildman–Crippen LogP) is 4.22. The van der Waals surface area contributed by atoms with Gasteiger partial charge in [-0.15, -0.1) is 11.3 Å². The summed E-state index contributed by atoms with van der Waals surface area (Å²) in [6.45, 7) is 2.27. The lowest BCUT2D eigenvalue weighted by atomic mass is 10.0. The van der Waals surface area contributed by atoms with Crippen molar-refractivity contribution in [3.63, 3.8) is 0 Å². The van der Waals surface area contributed by atoms with Crippen LogP contribution < -0.4 is 15.5 Å². The summed E-state index contributed by atoms with van der Waals surface area (Å²) < 4.78 is 0. The van der Waals surface area contributed by atoms with Crippen LogP contribution in [0.5, 0.6) is 0 Å². The molecule has 1 aliphatic carbocycles. The van der Waals surface area contributed by atoms with Gasteiger partial charge < -0.3 is 15.5 Å². The van der Waals surface area contributed by atoms with Crippen molar-refractivity contribution in [2.75, 3.05) is 11.4 Å². The van der Waals surface area contributed by atoms with Crippen LogP contribution in [0.4, 0.5) is 10.5 Å². The van der Waals surface area contributed by atoms with E-state index in [-0.39, 0.29) is 18.2 Å². The Bertz CT molecular complexity index is 1330. The molecular weight excluding hydrogens is 486 g/mol. The van der Waals surface area contributed by atoms with Gasteiger partial charge in [0.05, 0.1) is 30.2 Å². The van der Waals surface area contributed by atoms with E-state index < -0.39 is 18.1 Å². The Morgan fingerprint density at radius 1 is 1.08 bits per heavy atom. The number of ketones is 1. The first-order valence-corrected chi connectivity index (χ1v) is 13.4. The van der Waals surface area contributed by atoms with Crippen LogP contribution in [0.2, 0.25) is 0 Å². The summed E-state index contributed by atoms with van der Waals surface area (Å²) in [4.78, 5) is 51.6. The van der Waals surface area contributed by atoms with E-state index in [0.29, 0.717) is 29.2 Å². The van der Waals surface area contributed by atoms with Crippen LogP contribution in [0.3, 0.4) is 0 Å². The Balaban J connectivity index is 1.47. The third-order valence-corrected chi connectivity index (χ3v) is 7.91. The van der Waals surface area contributed by atoms with Crippen LogP contribution >= 0.6 is 11.3 Å². The first kappa shape index (κ1) is 24.8. The average molecular weight is 516 g/mol. The lowest BCUT2D eigenvalue weighted by Gasteiger charge is -2.26. The number of aromatic nitrogens is 1. The second-order valence-electron chi connectivity index (χ2n) is 9.34. The minimum atomic E-state index is -1.22. The van der Waals surface area contributed by atoms with Gasteiger partial charge in [0.25, 0.3) is 5.91 Å². The van der Waals surface area contributed by atoms with Crippen LogP contribution in [-0.4, -0.2) is 41.1 Å². The molecule has 1 fully saturated rings. The predicted molar refractivity (Wildman–Crippen MR) is 144 cm³/mol. The van der Waals surface area contributed by atoms with Gasteiger partial charge in [-0.05, 0) is 55.0 Å². The minimum Gasteiger partial charge on any atom is -0.333 e. The van der Waals surface area contributed by atoms with Crippen molar-refractivity contribution >= 4 is 40.5 Å². The number of carbonyl (C=O) groups excluding carboxylic acids is 3. The highest BCUT2D eigenvalue weighted by atomic mass is 32.1. The summed E-state index contributed by atoms with van der Waals surface area (Å²) in [6.07, 6.45) is 4.21. The summed E-state index contributed by atoms with van der Waals surface area (Å²) in [5.41, 5.74) is 3.43. The number of Topliss-reactive ketones (excluding diaryl/α,β-unsaturated/α-hetero) is 1. The number of urea groups is 1. The van der Waals surface area contributed by atoms with E-state index >= 15 is 0 Å². The van der Waals surface area contributed by atoms with Gasteiger partial charge in [0.2, 0.25) is 6.17 Å². The zero-order valence-electron chi connectivity index (χ0n) is 20.6. The van der Waals surface area contributed by atoms with Crippen LogP contribution in [0.15, 0.2) is 65.1 Å². The van der Waals surface area contributed by atoms with Crippen LogP contribution in [-0.2, 0) is 16.1 Å². The van der Waals surface area contributed by atoms with Gasteiger partial charge in [0.1, 0.15) is 0 Å². The fourth-order valence-corrected chi connectivity index (χ4v) is 5.69. The molecule has 1 aromatic carbocycles. The average Bonchev–Trinajstić information content (AvgIpc) is 3.59. The van der Waals surface area contributed by atoms with Gasteiger partial charge in [0.15, 0.2) is 5.78 Å². The van der Waals surface area contributed by atoms with E-state index in [4.69, 9.17) is 4.99 Å². The number of thiophene rings is 1. The van der Waals surface area contributed by atoms with Gasteiger partial charge in [-0.1, -0.05) is 37.1 Å². The number of para-hydroxylation sites is 1. The first-order chi connectivity index (χ1) is 18.0. The van der Waals surface area contributed by atoms with Gasteiger partial charge in [-0.25, -0.2) is 9.79 Å². The number of aliphatic imine (C=N–C) groups is 1. The third kappa shape index (κ3) is 5.46. The third-order valence-electron chi connectivity index (χ3n) is 6.89. The maximum Gasteiger partial charge on any atom is 0.317 e. The van der Waals surface area contributed by atoms with Crippen molar-refractivity contribution in [3.05, 3.63) is 81.8 Å². The summed E-state index contributed by atoms with van der Waals surface area (Å²) in [5, 5.41) is 7.53. The molecule has 9 heteroatoms. The largest absolute Gasteiger partial charge is 0.333 e. The second kappa shape index (κ2) is 11.0. The molecule has 8 nitrogen and oxygen atoms in total. The molecule has 1 aliphatic heterocycles. The molecule has 2 N–H and O–H groups in total. The number of pyridine rings is 1. The first-order valence-electron chi connectivity index (χ1n) is 12.5. The summed E-state index contributed by atoms with van der Waals surface area (Å²) in [6, 6.07) is 14.3. The number of carbonyl (C=O) groups is 3. The zero-order valence-corrected chi connectivity index (χ0v) is 21.5. The summed E-state index contributed by atoms with van der Waals surface area (Å²) in [7, 11) is 0. The number of nitrogens with one attached hydrogen (secondary N) is 2. The number of aryl methyl sites for hydroxylation is 1. The molecule has 1 saturated carbocycles. The Labute approximate surface area is 219 Å². The Kier molecular flexibility index (Phi) is 7.41. The Hall–Kier alpha value is -3.85. The molecule has 190 valence electrons. The lowest BCUT2D eigenvalue weighted by molar-refractivity contribution is -0.125. The van der Waals surface area contributed by atoms with Crippen LogP contribution in [0.1, 0.15) is 47.4 Å². The van der Waals surface area contributed by atoms with Crippen molar-refractivity contribution in [2.24, 2.45) is 10.9 Å². The molecule has 0 saturated heterocycles. The second-order valence-corrected chi connectivity index (χ2v) is 10.3. The Morgan fingerprint density at radius 2 is 1.86 bits per heavy atom. The molecule has 2 aliphatic rings. The fraction of sp³-hybridized carbons (Fsp3) is 0.321. The lowest BCUT2D eigenvalue weighted by Crippen LogP contribution is -2.51. The number of hydrogen-bond donors (Lipinski definition) is 2. The normalized spacial score (nSPS) is 17.6. The van der Waals surface area contributed by atoms with Crippen molar-refractivity contribution in [2.45, 2.75) is 45.3 Å². The molecular formula is C28H29N5O3S. The molecule has 3 heterocycles. The number of anilines is 1. The zero-order chi connectivity index (χ0) is 25.8. The molecule has 0 bridgehead atoms. The van der Waals surface area contributed by atoms with E-state index in [1.165, 1.54) is 4.90 Å². The SMILES string of the molecule is Cc1ccsc1CNC(=O)NC1N=C(c2ccccn2)c2ccccc2N(CC(=O)C2CCCC2)C1=O. The standard InChI is InChI=1S/C28H29N5O3S/c1-18-13-15-37-24(18)16-30-28(36)32-26-27(35)33(17-23(34)19-8-2-3-9-19)22-12-5-4-10-20(22)25(31-26)21-11-6-7-14-29-21/h4-7,10-15,19,26H,2-3,8-9,16-17H2,1H3,(H2,30,32,36). The van der Waals surface area contributed by atoms with E-state index in [0.717, 1.165) is 36.1 Å². The number of nitrogens with zero attached hydrogens (tertiary/aromatic N) is 3. The number of benzene rings is 1. The summed E-state index contributed by atoms with van der Waals surface area (Å²) >= 11 is 1.56. The highest BCUT2D eigenvalue weighted by Gasteiger charge is 2.35. The number of benzodiazepines with no additional fused rings is 1. The van der Waals surface area contributed by atoms with Crippen molar-refractivity contribution < 1.29 is 14.4 Å². The smallest absolute Gasteiger partial charge is 0.317 e. The number of amides is 3. The molecule has 1 atom stereocenters. The van der Waals surface area contributed by atoms with E-state index in [9.17, 15) is 14.4 Å². The molecule has 3 amide bonds. The maximum absolute atomic E-state index is 13.9. The van der Waals surface area contributed by atoms with Gasteiger partial charge in [-0.3, -0.25) is 14.6 Å². The van der Waals surface area contributed by atoms with Gasteiger partial charge in [-0.2, -0.15) is 0 Å². The molecule has 5 rings (SSSR count). The van der Waals surface area contributed by atoms with E-state index in [2.05, 4.69) is 15.6 Å². The molecule has 0 spiro atoms. The van der Waals surface area contributed by atoms with Gasteiger partial charge >= 0.3 is 6.03 Å². The van der Waals surface area contributed by atoms with Gasteiger partial charge in [0, 0.05) is 22.6 Å². The quantitative estimate of drug-likeness (QED) is 0.492. The van der Waals surface area contributed by atoms with Crippen molar-refractivity contribution in [1.29, 1.82) is 0 Å². The topological polar surface area (TPSA) is 104 Å². The van der Waals surface area contributed by atoms with Crippen molar-refractivity contribution in [1.82, 2.24) is 15.6 Å².